The van der Waals surface area contributed by atoms with Gasteiger partial charge < -0.3 is 9.80 Å². The molecule has 0 aliphatic carbocycles. The van der Waals surface area contributed by atoms with Gasteiger partial charge in [-0.15, -0.1) is 5.10 Å². The predicted molar refractivity (Wildman–Crippen MR) is 96.0 cm³/mol. The minimum absolute atomic E-state index is 0.00395. The fraction of sp³-hybridized carbons (Fsp3) is 0.412. The summed E-state index contributed by atoms with van der Waals surface area (Å²) in [5.74, 6) is -0.438. The normalized spacial score (nSPS) is 10.6. The minimum atomic E-state index is -0.341. The maximum atomic E-state index is 12.6. The van der Waals surface area contributed by atoms with E-state index in [1.165, 1.54) is 4.90 Å². The molecule has 0 N–H and O–H groups in total. The molecule has 2 aromatic rings. The summed E-state index contributed by atoms with van der Waals surface area (Å²) in [5.41, 5.74) is 1.53. The highest BCUT2D eigenvalue weighted by molar-refractivity contribution is 6.30. The van der Waals surface area contributed by atoms with Crippen molar-refractivity contribution in [3.8, 4) is 5.69 Å². The second kappa shape index (κ2) is 8.11. The standard InChI is InChI=1S/C17H22ClN5O2/c1-5-22(6-2)15(24)11-21(4)17(25)16-12(3)23(20-19-16)14-9-7-8-13(18)10-14/h7-10H,5-6,11H2,1-4H3. The number of carbonyl (C=O) groups is 2. The van der Waals surface area contributed by atoms with Gasteiger partial charge in [0.05, 0.1) is 17.9 Å². The molecule has 1 aromatic carbocycles. The van der Waals surface area contributed by atoms with Gasteiger partial charge in [0.1, 0.15) is 0 Å². The highest BCUT2D eigenvalue weighted by Gasteiger charge is 2.23. The third kappa shape index (κ3) is 4.17. The van der Waals surface area contributed by atoms with Gasteiger partial charge in [0.25, 0.3) is 5.91 Å². The SMILES string of the molecule is CCN(CC)C(=O)CN(C)C(=O)c1nnn(-c2cccc(Cl)c2)c1C. The van der Waals surface area contributed by atoms with Crippen molar-refractivity contribution in [2.24, 2.45) is 0 Å². The number of amides is 2. The van der Waals surface area contributed by atoms with Gasteiger partial charge in [0.2, 0.25) is 5.91 Å². The van der Waals surface area contributed by atoms with Gasteiger partial charge in [-0.05, 0) is 39.0 Å². The lowest BCUT2D eigenvalue weighted by Gasteiger charge is -2.22. The molecule has 25 heavy (non-hydrogen) atoms. The molecule has 1 heterocycles. The highest BCUT2D eigenvalue weighted by atomic mass is 35.5. The van der Waals surface area contributed by atoms with E-state index in [9.17, 15) is 9.59 Å². The number of benzene rings is 1. The number of aromatic nitrogens is 3. The minimum Gasteiger partial charge on any atom is -0.342 e. The van der Waals surface area contributed by atoms with Crippen LogP contribution in [0.4, 0.5) is 0 Å². The zero-order valence-corrected chi connectivity index (χ0v) is 15.6. The van der Waals surface area contributed by atoms with E-state index in [1.807, 2.05) is 19.9 Å². The Hall–Kier alpha value is -2.41. The van der Waals surface area contributed by atoms with Crippen molar-refractivity contribution < 1.29 is 9.59 Å². The largest absolute Gasteiger partial charge is 0.342 e. The second-order valence-electron chi connectivity index (χ2n) is 5.64. The molecule has 8 heteroatoms. The van der Waals surface area contributed by atoms with E-state index in [2.05, 4.69) is 10.3 Å². The van der Waals surface area contributed by atoms with Crippen LogP contribution < -0.4 is 0 Å². The molecule has 0 bridgehead atoms. The Kier molecular flexibility index (Phi) is 6.14. The zero-order chi connectivity index (χ0) is 18.6. The van der Waals surface area contributed by atoms with E-state index in [0.29, 0.717) is 23.8 Å². The lowest BCUT2D eigenvalue weighted by molar-refractivity contribution is -0.131. The quantitative estimate of drug-likeness (QED) is 0.788. The molecule has 7 nitrogen and oxygen atoms in total. The van der Waals surface area contributed by atoms with Crippen molar-refractivity contribution in [3.63, 3.8) is 0 Å². The molecule has 1 aromatic heterocycles. The topological polar surface area (TPSA) is 71.3 Å². The van der Waals surface area contributed by atoms with Gasteiger partial charge in [-0.25, -0.2) is 4.68 Å². The van der Waals surface area contributed by atoms with Gasteiger partial charge in [-0.1, -0.05) is 22.9 Å². The van der Waals surface area contributed by atoms with Crippen LogP contribution in [0.2, 0.25) is 5.02 Å². The first-order valence-electron chi connectivity index (χ1n) is 8.10. The Bertz CT molecular complexity index is 770. The summed E-state index contributed by atoms with van der Waals surface area (Å²) >= 11 is 6.00. The van der Waals surface area contributed by atoms with Crippen LogP contribution in [0.25, 0.3) is 5.69 Å². The molecule has 2 amide bonds. The fourth-order valence-corrected chi connectivity index (χ4v) is 2.70. The number of halogens is 1. The first-order valence-corrected chi connectivity index (χ1v) is 8.48. The third-order valence-electron chi connectivity index (χ3n) is 3.99. The van der Waals surface area contributed by atoms with E-state index < -0.39 is 0 Å². The molecule has 0 spiro atoms. The summed E-state index contributed by atoms with van der Waals surface area (Å²) in [6.45, 7) is 6.80. The van der Waals surface area contributed by atoms with Crippen molar-refractivity contribution in [2.45, 2.75) is 20.8 Å². The first kappa shape index (κ1) is 18.9. The number of rotatable bonds is 6. The number of likely N-dealkylation sites (N-methyl/N-ethyl adjacent to an activating group) is 2. The molecule has 2 rings (SSSR count). The average Bonchev–Trinajstić information content (AvgIpc) is 2.96. The number of hydrogen-bond acceptors (Lipinski definition) is 4. The molecule has 134 valence electrons. The predicted octanol–water partition coefficient (Wildman–Crippen LogP) is 2.17. The molecule has 0 radical (unpaired) electrons. The van der Waals surface area contributed by atoms with Crippen LogP contribution in [0.15, 0.2) is 24.3 Å². The maximum absolute atomic E-state index is 12.6. The van der Waals surface area contributed by atoms with Crippen LogP contribution in [-0.2, 0) is 4.79 Å². The van der Waals surface area contributed by atoms with Crippen molar-refractivity contribution >= 4 is 23.4 Å². The van der Waals surface area contributed by atoms with Gasteiger partial charge >= 0.3 is 0 Å². The average molecular weight is 364 g/mol. The van der Waals surface area contributed by atoms with Crippen LogP contribution in [-0.4, -0.2) is 63.3 Å². The Morgan fingerprint density at radius 2 is 1.92 bits per heavy atom. The second-order valence-corrected chi connectivity index (χ2v) is 6.08. The Morgan fingerprint density at radius 3 is 2.52 bits per heavy atom. The molecule has 0 aliphatic heterocycles. The van der Waals surface area contributed by atoms with Gasteiger partial charge in [-0.2, -0.15) is 0 Å². The van der Waals surface area contributed by atoms with Crippen LogP contribution in [0.1, 0.15) is 30.0 Å². The van der Waals surface area contributed by atoms with E-state index in [-0.39, 0.29) is 24.1 Å². The third-order valence-corrected chi connectivity index (χ3v) is 4.22. The first-order chi connectivity index (χ1) is 11.9. The Balaban J connectivity index is 2.19. The van der Waals surface area contributed by atoms with Gasteiger partial charge in [0, 0.05) is 25.2 Å². The Morgan fingerprint density at radius 1 is 1.24 bits per heavy atom. The van der Waals surface area contributed by atoms with Crippen LogP contribution in [0, 0.1) is 6.92 Å². The number of nitrogens with zero attached hydrogens (tertiary/aromatic N) is 5. The molecule has 0 aliphatic rings. The molecule has 0 saturated carbocycles. The molecule has 0 atom stereocenters. The van der Waals surface area contributed by atoms with Crippen molar-refractivity contribution in [3.05, 3.63) is 40.7 Å². The number of hydrogen-bond donors (Lipinski definition) is 0. The molecular weight excluding hydrogens is 342 g/mol. The molecule has 0 unspecified atom stereocenters. The van der Waals surface area contributed by atoms with E-state index in [1.54, 1.807) is 41.8 Å². The monoisotopic (exact) mass is 363 g/mol. The van der Waals surface area contributed by atoms with E-state index in [4.69, 9.17) is 11.6 Å². The van der Waals surface area contributed by atoms with E-state index >= 15 is 0 Å². The van der Waals surface area contributed by atoms with E-state index in [0.717, 1.165) is 5.69 Å². The van der Waals surface area contributed by atoms with Crippen LogP contribution >= 0.6 is 11.6 Å². The molecule has 0 saturated heterocycles. The van der Waals surface area contributed by atoms with Crippen molar-refractivity contribution in [1.82, 2.24) is 24.8 Å². The summed E-state index contributed by atoms with van der Waals surface area (Å²) in [4.78, 5) is 27.8. The van der Waals surface area contributed by atoms with Crippen LogP contribution in [0.5, 0.6) is 0 Å². The summed E-state index contributed by atoms with van der Waals surface area (Å²) in [6, 6.07) is 7.13. The summed E-state index contributed by atoms with van der Waals surface area (Å²) < 4.78 is 1.55. The highest BCUT2D eigenvalue weighted by Crippen LogP contribution is 2.17. The summed E-state index contributed by atoms with van der Waals surface area (Å²) in [5, 5.41) is 8.60. The maximum Gasteiger partial charge on any atom is 0.276 e. The summed E-state index contributed by atoms with van der Waals surface area (Å²) in [7, 11) is 1.58. The lowest BCUT2D eigenvalue weighted by atomic mass is 10.2. The van der Waals surface area contributed by atoms with Gasteiger partial charge in [-0.3, -0.25) is 9.59 Å². The fourth-order valence-electron chi connectivity index (χ4n) is 2.51. The number of carbonyl (C=O) groups excluding carboxylic acids is 2. The zero-order valence-electron chi connectivity index (χ0n) is 14.9. The lowest BCUT2D eigenvalue weighted by Crippen LogP contribution is -2.41. The Labute approximate surface area is 152 Å². The van der Waals surface area contributed by atoms with Crippen molar-refractivity contribution in [1.29, 1.82) is 0 Å². The summed E-state index contributed by atoms with van der Waals surface area (Å²) in [6.07, 6.45) is 0. The van der Waals surface area contributed by atoms with Crippen LogP contribution in [0.3, 0.4) is 0 Å². The molecule has 0 fully saturated rings. The smallest absolute Gasteiger partial charge is 0.276 e. The van der Waals surface area contributed by atoms with Gasteiger partial charge in [0.15, 0.2) is 5.69 Å². The molecular formula is C17H22ClN5O2. The van der Waals surface area contributed by atoms with Crippen molar-refractivity contribution in [2.75, 3.05) is 26.7 Å².